The molecule has 3 N–H and O–H groups in total. The summed E-state index contributed by atoms with van der Waals surface area (Å²) in [5.41, 5.74) is 8.45. The molecule has 0 aromatic carbocycles. The summed E-state index contributed by atoms with van der Waals surface area (Å²) in [6.45, 7) is 5.63. The number of anilines is 1. The molecule has 0 saturated heterocycles. The smallest absolute Gasteiger partial charge is 0.157 e. The van der Waals surface area contributed by atoms with E-state index in [2.05, 4.69) is 28.4 Å². The van der Waals surface area contributed by atoms with Gasteiger partial charge in [-0.1, -0.05) is 6.92 Å². The third-order valence-electron chi connectivity index (χ3n) is 2.65. The minimum absolute atomic E-state index is 0.694. The van der Waals surface area contributed by atoms with E-state index in [1.54, 1.807) is 0 Å². The molecule has 2 aromatic heterocycles. The zero-order chi connectivity index (χ0) is 12.3. The first-order chi connectivity index (χ1) is 8.24. The Hall–Kier alpha value is -1.62. The summed E-state index contributed by atoms with van der Waals surface area (Å²) in [6, 6.07) is 4.04. The monoisotopic (exact) mass is 233 g/mol. The summed E-state index contributed by atoms with van der Waals surface area (Å²) >= 11 is 0. The molecule has 0 radical (unpaired) electrons. The van der Waals surface area contributed by atoms with Gasteiger partial charge in [0, 0.05) is 24.4 Å². The highest BCUT2D eigenvalue weighted by molar-refractivity contribution is 5.50. The van der Waals surface area contributed by atoms with Gasteiger partial charge in [-0.05, 0) is 26.3 Å². The minimum atomic E-state index is 0.694. The molecule has 0 saturated carbocycles. The van der Waals surface area contributed by atoms with Crippen molar-refractivity contribution >= 4 is 11.5 Å². The van der Waals surface area contributed by atoms with E-state index < -0.39 is 0 Å². The summed E-state index contributed by atoms with van der Waals surface area (Å²) < 4.78 is 1.85. The van der Waals surface area contributed by atoms with Crippen LogP contribution in [0.1, 0.15) is 24.7 Å². The van der Waals surface area contributed by atoms with Crippen molar-refractivity contribution in [3.05, 3.63) is 23.5 Å². The minimum Gasteiger partial charge on any atom is -0.370 e. The fraction of sp³-hybridized carbons (Fsp3) is 0.500. The Bertz CT molecular complexity index is 503. The molecule has 0 aliphatic heterocycles. The molecule has 0 bridgehead atoms. The first-order valence-electron chi connectivity index (χ1n) is 6.05. The first kappa shape index (κ1) is 11.9. The normalized spacial score (nSPS) is 11.0. The van der Waals surface area contributed by atoms with Crippen LogP contribution in [0.15, 0.2) is 12.1 Å². The average Bonchev–Trinajstić information content (AvgIpc) is 2.69. The number of aryl methyl sites for hydroxylation is 2. The number of nitrogens with one attached hydrogen (secondary N) is 1. The molecule has 0 spiro atoms. The maximum atomic E-state index is 5.49. The molecular formula is C12H19N5. The average molecular weight is 233 g/mol. The second-order valence-electron chi connectivity index (χ2n) is 4.11. The summed E-state index contributed by atoms with van der Waals surface area (Å²) in [4.78, 5) is 4.54. The van der Waals surface area contributed by atoms with E-state index in [0.717, 1.165) is 42.2 Å². The van der Waals surface area contributed by atoms with Crippen LogP contribution in [-0.2, 0) is 6.42 Å². The fourth-order valence-electron chi connectivity index (χ4n) is 1.77. The van der Waals surface area contributed by atoms with Gasteiger partial charge in [0.25, 0.3) is 0 Å². The second kappa shape index (κ2) is 5.14. The lowest BCUT2D eigenvalue weighted by Crippen LogP contribution is -2.12. The molecule has 0 atom stereocenters. The van der Waals surface area contributed by atoms with E-state index in [0.29, 0.717) is 6.54 Å². The Morgan fingerprint density at radius 2 is 2.24 bits per heavy atom. The predicted octanol–water partition coefficient (Wildman–Crippen LogP) is 1.36. The standard InChI is InChI=1S/C12H19N5/c1-3-10-8-11(14-6-4-5-13)17-12(15-10)7-9(2)16-17/h7-8,14H,3-6,13H2,1-2H3. The Labute approximate surface area is 101 Å². The number of nitrogens with two attached hydrogens (primary N) is 1. The molecule has 2 rings (SSSR count). The van der Waals surface area contributed by atoms with Crippen LogP contribution in [0.3, 0.4) is 0 Å². The van der Waals surface area contributed by atoms with Gasteiger partial charge in [-0.3, -0.25) is 0 Å². The topological polar surface area (TPSA) is 68.2 Å². The lowest BCUT2D eigenvalue weighted by atomic mass is 10.3. The zero-order valence-corrected chi connectivity index (χ0v) is 10.4. The number of nitrogens with zero attached hydrogens (tertiary/aromatic N) is 3. The fourth-order valence-corrected chi connectivity index (χ4v) is 1.77. The maximum Gasteiger partial charge on any atom is 0.157 e. The molecule has 5 nitrogen and oxygen atoms in total. The highest BCUT2D eigenvalue weighted by Gasteiger charge is 2.06. The van der Waals surface area contributed by atoms with Crippen LogP contribution in [0.4, 0.5) is 5.82 Å². The van der Waals surface area contributed by atoms with E-state index in [1.807, 2.05) is 17.5 Å². The van der Waals surface area contributed by atoms with Crippen molar-refractivity contribution in [2.45, 2.75) is 26.7 Å². The van der Waals surface area contributed by atoms with Gasteiger partial charge < -0.3 is 11.1 Å². The maximum absolute atomic E-state index is 5.49. The lowest BCUT2D eigenvalue weighted by Gasteiger charge is -2.09. The molecular weight excluding hydrogens is 214 g/mol. The van der Waals surface area contributed by atoms with Gasteiger partial charge >= 0.3 is 0 Å². The highest BCUT2D eigenvalue weighted by atomic mass is 15.3. The van der Waals surface area contributed by atoms with E-state index in [9.17, 15) is 0 Å². The van der Waals surface area contributed by atoms with E-state index >= 15 is 0 Å². The largest absolute Gasteiger partial charge is 0.370 e. The van der Waals surface area contributed by atoms with Crippen molar-refractivity contribution in [3.8, 4) is 0 Å². The van der Waals surface area contributed by atoms with Crippen LogP contribution in [0.5, 0.6) is 0 Å². The van der Waals surface area contributed by atoms with Gasteiger partial charge in [0.1, 0.15) is 5.82 Å². The summed E-state index contributed by atoms with van der Waals surface area (Å²) in [7, 11) is 0. The molecule has 92 valence electrons. The first-order valence-corrected chi connectivity index (χ1v) is 6.05. The number of fused-ring (bicyclic) bond motifs is 1. The Morgan fingerprint density at radius 1 is 1.41 bits per heavy atom. The summed E-state index contributed by atoms with van der Waals surface area (Å²) in [5.74, 6) is 0.994. The number of hydrogen-bond acceptors (Lipinski definition) is 4. The molecule has 5 heteroatoms. The van der Waals surface area contributed by atoms with Crippen LogP contribution in [0.2, 0.25) is 0 Å². The lowest BCUT2D eigenvalue weighted by molar-refractivity contribution is 0.843. The van der Waals surface area contributed by atoms with Crippen LogP contribution in [0, 0.1) is 6.92 Å². The van der Waals surface area contributed by atoms with Crippen LogP contribution in [-0.4, -0.2) is 27.7 Å². The van der Waals surface area contributed by atoms with Crippen molar-refractivity contribution in [1.82, 2.24) is 14.6 Å². The van der Waals surface area contributed by atoms with Crippen LogP contribution in [0.25, 0.3) is 5.65 Å². The third kappa shape index (κ3) is 2.55. The molecule has 0 unspecified atom stereocenters. The van der Waals surface area contributed by atoms with Gasteiger partial charge in [0.05, 0.1) is 5.69 Å². The van der Waals surface area contributed by atoms with E-state index in [1.165, 1.54) is 0 Å². The Balaban J connectivity index is 2.36. The quantitative estimate of drug-likeness (QED) is 0.765. The van der Waals surface area contributed by atoms with Crippen LogP contribution < -0.4 is 11.1 Å². The molecule has 0 fully saturated rings. The van der Waals surface area contributed by atoms with Gasteiger partial charge in [0.15, 0.2) is 5.65 Å². The van der Waals surface area contributed by atoms with Crippen molar-refractivity contribution in [3.63, 3.8) is 0 Å². The number of aromatic nitrogens is 3. The third-order valence-corrected chi connectivity index (χ3v) is 2.65. The Morgan fingerprint density at radius 3 is 2.94 bits per heavy atom. The molecule has 2 heterocycles. The van der Waals surface area contributed by atoms with E-state index in [-0.39, 0.29) is 0 Å². The van der Waals surface area contributed by atoms with Gasteiger partial charge in [-0.2, -0.15) is 9.61 Å². The molecule has 2 aromatic rings. The van der Waals surface area contributed by atoms with E-state index in [4.69, 9.17) is 5.73 Å². The summed E-state index contributed by atoms with van der Waals surface area (Å²) in [5, 5.41) is 7.78. The SMILES string of the molecule is CCc1cc(NCCCN)n2nc(C)cc2n1. The van der Waals surface area contributed by atoms with Crippen molar-refractivity contribution < 1.29 is 0 Å². The highest BCUT2D eigenvalue weighted by Crippen LogP contribution is 2.14. The molecule has 0 aliphatic rings. The van der Waals surface area contributed by atoms with Gasteiger partial charge in [-0.25, -0.2) is 4.98 Å². The summed E-state index contributed by atoms with van der Waals surface area (Å²) in [6.07, 6.45) is 1.87. The van der Waals surface area contributed by atoms with Crippen molar-refractivity contribution in [2.24, 2.45) is 5.73 Å². The second-order valence-corrected chi connectivity index (χ2v) is 4.11. The van der Waals surface area contributed by atoms with Crippen molar-refractivity contribution in [1.29, 1.82) is 0 Å². The molecule has 17 heavy (non-hydrogen) atoms. The van der Waals surface area contributed by atoms with Gasteiger partial charge in [0.2, 0.25) is 0 Å². The molecule has 0 aliphatic carbocycles. The van der Waals surface area contributed by atoms with Crippen LogP contribution >= 0.6 is 0 Å². The van der Waals surface area contributed by atoms with Crippen molar-refractivity contribution in [2.75, 3.05) is 18.4 Å². The predicted molar refractivity (Wildman–Crippen MR) is 69.3 cm³/mol. The van der Waals surface area contributed by atoms with Gasteiger partial charge in [-0.15, -0.1) is 0 Å². The zero-order valence-electron chi connectivity index (χ0n) is 10.4. The number of rotatable bonds is 5. The Kier molecular flexibility index (Phi) is 3.58. The molecule has 0 amide bonds. The number of hydrogen-bond donors (Lipinski definition) is 2.